The lowest BCUT2D eigenvalue weighted by Crippen LogP contribution is -2.39. The first-order valence-corrected chi connectivity index (χ1v) is 2.88. The second-order valence-electron chi connectivity index (χ2n) is 1.97. The Morgan fingerprint density at radius 1 is 1.36 bits per heavy atom. The number of urea groups is 1. The van der Waals surface area contributed by atoms with Crippen LogP contribution < -0.4 is 10.6 Å². The van der Waals surface area contributed by atoms with Gasteiger partial charge in [0.15, 0.2) is 11.5 Å². The maximum atomic E-state index is 10.9. The van der Waals surface area contributed by atoms with Crippen LogP contribution in [-0.4, -0.2) is 21.9 Å². The fourth-order valence-electron chi connectivity index (χ4n) is 0.823. The van der Waals surface area contributed by atoms with Gasteiger partial charge in [0.25, 0.3) is 5.91 Å². The predicted molar refractivity (Wildman–Crippen MR) is 33.2 cm³/mol. The zero-order valence-corrected chi connectivity index (χ0v) is 5.29. The molecule has 6 nitrogen and oxygen atoms in total. The van der Waals surface area contributed by atoms with E-state index in [2.05, 4.69) is 15.3 Å². The molecule has 1 aromatic heterocycles. The standard InChI is InChI=1S/C5H3N4O2/c10-4-2-3(7-1-6-2)8-5(11)9-4/h1H,(H,6,7)(H,9,10,11). The summed E-state index contributed by atoms with van der Waals surface area (Å²) in [7, 11) is 0. The second kappa shape index (κ2) is 1.82. The van der Waals surface area contributed by atoms with E-state index in [9.17, 15) is 9.59 Å². The van der Waals surface area contributed by atoms with Gasteiger partial charge in [0, 0.05) is 0 Å². The van der Waals surface area contributed by atoms with Crippen molar-refractivity contribution in [1.29, 1.82) is 0 Å². The molecule has 0 aliphatic carbocycles. The monoisotopic (exact) mass is 151 g/mol. The number of carbonyl (C=O) groups is 2. The van der Waals surface area contributed by atoms with E-state index < -0.39 is 11.9 Å². The van der Waals surface area contributed by atoms with Crippen LogP contribution in [0.1, 0.15) is 10.5 Å². The highest BCUT2D eigenvalue weighted by molar-refractivity contribution is 6.10. The first-order chi connectivity index (χ1) is 5.27. The minimum Gasteiger partial charge on any atom is -0.339 e. The Morgan fingerprint density at radius 3 is 3.00 bits per heavy atom. The van der Waals surface area contributed by atoms with E-state index >= 15 is 0 Å². The second-order valence-corrected chi connectivity index (χ2v) is 1.97. The number of carbonyl (C=O) groups excluding carboxylic acids is 2. The number of nitrogens with one attached hydrogen (secondary N) is 2. The minimum absolute atomic E-state index is 0.152. The molecule has 0 saturated carbocycles. The average Bonchev–Trinajstić information content (AvgIpc) is 2.34. The van der Waals surface area contributed by atoms with Gasteiger partial charge >= 0.3 is 6.03 Å². The maximum absolute atomic E-state index is 10.9. The molecule has 1 aromatic rings. The van der Waals surface area contributed by atoms with Crippen LogP contribution in [0.15, 0.2) is 6.33 Å². The number of rotatable bonds is 0. The average molecular weight is 151 g/mol. The summed E-state index contributed by atoms with van der Waals surface area (Å²) >= 11 is 0. The first kappa shape index (κ1) is 5.90. The summed E-state index contributed by atoms with van der Waals surface area (Å²) in [6, 6.07) is -0.672. The number of imide groups is 1. The van der Waals surface area contributed by atoms with Crippen LogP contribution in [0.5, 0.6) is 0 Å². The SMILES string of the molecule is O=C1[N]c2nc[nH]c2C(=O)N1. The summed E-state index contributed by atoms with van der Waals surface area (Å²) in [5, 5.41) is 5.45. The van der Waals surface area contributed by atoms with Crippen LogP contribution in [0, 0.1) is 0 Å². The number of nitrogens with zero attached hydrogens (tertiary/aromatic N) is 2. The molecule has 55 valence electrons. The lowest BCUT2D eigenvalue weighted by Gasteiger charge is -2.07. The molecule has 0 fully saturated rings. The molecule has 3 amide bonds. The molecule has 6 heteroatoms. The van der Waals surface area contributed by atoms with Crippen LogP contribution in [0.2, 0.25) is 0 Å². The number of fused-ring (bicyclic) bond motifs is 1. The molecule has 1 aliphatic heterocycles. The Bertz CT molecular complexity index is 329. The third-order valence-electron chi connectivity index (χ3n) is 1.27. The molecular weight excluding hydrogens is 148 g/mol. The van der Waals surface area contributed by atoms with Crippen molar-refractivity contribution in [3.63, 3.8) is 0 Å². The van der Waals surface area contributed by atoms with Crippen molar-refractivity contribution in [2.24, 2.45) is 0 Å². The maximum Gasteiger partial charge on any atom is 0.350 e. The lowest BCUT2D eigenvalue weighted by atomic mass is 10.3. The minimum atomic E-state index is -0.672. The van der Waals surface area contributed by atoms with Crippen LogP contribution in [-0.2, 0) is 0 Å². The van der Waals surface area contributed by atoms with Crippen molar-refractivity contribution in [3.8, 4) is 0 Å². The number of hydrogen-bond acceptors (Lipinski definition) is 3. The van der Waals surface area contributed by atoms with E-state index in [4.69, 9.17) is 0 Å². The lowest BCUT2D eigenvalue weighted by molar-refractivity contribution is 0.0955. The highest BCUT2D eigenvalue weighted by atomic mass is 16.2. The zero-order chi connectivity index (χ0) is 7.84. The van der Waals surface area contributed by atoms with E-state index in [0.717, 1.165) is 0 Å². The highest BCUT2D eigenvalue weighted by Gasteiger charge is 2.25. The fourth-order valence-corrected chi connectivity index (χ4v) is 0.823. The summed E-state index contributed by atoms with van der Waals surface area (Å²) in [5.74, 6) is -0.337. The summed E-state index contributed by atoms with van der Waals surface area (Å²) in [4.78, 5) is 27.7. The van der Waals surface area contributed by atoms with E-state index in [1.54, 1.807) is 0 Å². The van der Waals surface area contributed by atoms with Gasteiger partial charge in [-0.3, -0.25) is 10.1 Å². The molecule has 0 spiro atoms. The van der Waals surface area contributed by atoms with E-state index in [1.165, 1.54) is 6.33 Å². The van der Waals surface area contributed by atoms with Gasteiger partial charge in [0.2, 0.25) is 0 Å². The molecule has 1 radical (unpaired) electrons. The van der Waals surface area contributed by atoms with E-state index in [1.807, 2.05) is 5.32 Å². The molecule has 11 heavy (non-hydrogen) atoms. The predicted octanol–water partition coefficient (Wildman–Crippen LogP) is -0.491. The molecule has 0 bridgehead atoms. The van der Waals surface area contributed by atoms with Gasteiger partial charge in [-0.15, -0.1) is 0 Å². The van der Waals surface area contributed by atoms with Crippen molar-refractivity contribution >= 4 is 17.8 Å². The van der Waals surface area contributed by atoms with Gasteiger partial charge in [-0.25, -0.2) is 9.78 Å². The van der Waals surface area contributed by atoms with Crippen molar-refractivity contribution < 1.29 is 9.59 Å². The van der Waals surface area contributed by atoms with Gasteiger partial charge in [0.05, 0.1) is 6.33 Å². The van der Waals surface area contributed by atoms with Crippen molar-refractivity contribution in [2.45, 2.75) is 0 Å². The quantitative estimate of drug-likeness (QED) is 0.524. The summed E-state index contributed by atoms with van der Waals surface area (Å²) in [6.07, 6.45) is 1.31. The first-order valence-electron chi connectivity index (χ1n) is 2.88. The Balaban J connectivity index is 2.52. The number of aromatic nitrogens is 2. The number of hydrogen-bond donors (Lipinski definition) is 2. The topological polar surface area (TPSA) is 89.0 Å². The Morgan fingerprint density at radius 2 is 2.18 bits per heavy atom. The van der Waals surface area contributed by atoms with Crippen molar-refractivity contribution in [1.82, 2.24) is 20.6 Å². The number of H-pyrrole nitrogens is 1. The molecule has 2 rings (SSSR count). The summed E-state index contributed by atoms with van der Waals surface area (Å²) in [6.45, 7) is 0. The molecule has 0 atom stereocenters. The Kier molecular flexibility index (Phi) is 0.974. The zero-order valence-electron chi connectivity index (χ0n) is 5.29. The van der Waals surface area contributed by atoms with Gasteiger partial charge in [0.1, 0.15) is 0 Å². The Hall–Kier alpha value is -1.85. The number of aromatic amines is 1. The van der Waals surface area contributed by atoms with Gasteiger partial charge < -0.3 is 4.98 Å². The van der Waals surface area contributed by atoms with Crippen LogP contribution in [0.25, 0.3) is 0 Å². The summed E-state index contributed by atoms with van der Waals surface area (Å²) in [5.41, 5.74) is 0.226. The molecule has 2 N–H and O–H groups in total. The molecule has 1 aliphatic rings. The number of amides is 3. The van der Waals surface area contributed by atoms with E-state index in [-0.39, 0.29) is 11.5 Å². The van der Waals surface area contributed by atoms with Crippen LogP contribution in [0.4, 0.5) is 10.6 Å². The van der Waals surface area contributed by atoms with Gasteiger partial charge in [-0.05, 0) is 0 Å². The summed E-state index contributed by atoms with van der Waals surface area (Å²) < 4.78 is 0. The normalized spacial score (nSPS) is 15.3. The smallest absolute Gasteiger partial charge is 0.339 e. The Labute approximate surface area is 61.0 Å². The third kappa shape index (κ3) is 0.759. The van der Waals surface area contributed by atoms with Crippen LogP contribution >= 0.6 is 0 Å². The van der Waals surface area contributed by atoms with Gasteiger partial charge in [-0.1, -0.05) is 0 Å². The largest absolute Gasteiger partial charge is 0.350 e. The molecule has 0 unspecified atom stereocenters. The van der Waals surface area contributed by atoms with Gasteiger partial charge in [-0.2, -0.15) is 5.32 Å². The van der Waals surface area contributed by atoms with Crippen LogP contribution in [0.3, 0.4) is 0 Å². The molecule has 0 aromatic carbocycles. The van der Waals surface area contributed by atoms with E-state index in [0.29, 0.717) is 0 Å². The fraction of sp³-hybridized carbons (Fsp3) is 0. The molecule has 0 saturated heterocycles. The van der Waals surface area contributed by atoms with Crippen molar-refractivity contribution in [2.75, 3.05) is 0 Å². The molecular formula is C5H3N4O2. The highest BCUT2D eigenvalue weighted by Crippen LogP contribution is 2.12. The third-order valence-corrected chi connectivity index (χ3v) is 1.27. The number of imidazole rings is 1. The van der Waals surface area contributed by atoms with Crippen molar-refractivity contribution in [3.05, 3.63) is 12.0 Å². The molecule has 2 heterocycles.